The minimum Gasteiger partial charge on any atom is -0.362 e. The molecule has 0 spiro atoms. The lowest BCUT2D eigenvalue weighted by molar-refractivity contribution is -0.112. The predicted octanol–water partition coefficient (Wildman–Crippen LogP) is 6.32. The molecule has 1 heterocycles. The van der Waals surface area contributed by atoms with Crippen LogP contribution < -0.4 is 5.32 Å². The third-order valence-electron chi connectivity index (χ3n) is 4.61. The van der Waals surface area contributed by atoms with E-state index in [1.165, 1.54) is 0 Å². The number of carbonyl (C=O) groups excluding carboxylic acids is 2. The lowest BCUT2D eigenvalue weighted by atomic mass is 10.0. The fourth-order valence-corrected chi connectivity index (χ4v) is 5.23. The van der Waals surface area contributed by atoms with Gasteiger partial charge in [-0.2, -0.15) is 0 Å². The highest BCUT2D eigenvalue weighted by molar-refractivity contribution is 9.09. The quantitative estimate of drug-likeness (QED) is 0.205. The molecule has 29 heavy (non-hydrogen) atoms. The van der Waals surface area contributed by atoms with Crippen molar-refractivity contribution >= 4 is 65.4 Å². The molecule has 2 rings (SSSR count). The van der Waals surface area contributed by atoms with Crippen LogP contribution in [0.3, 0.4) is 0 Å². The van der Waals surface area contributed by atoms with Crippen LogP contribution in [-0.4, -0.2) is 41.1 Å². The van der Waals surface area contributed by atoms with Gasteiger partial charge in [-0.05, 0) is 29.8 Å². The smallest absolute Gasteiger partial charge is 0.296 e. The van der Waals surface area contributed by atoms with Crippen LogP contribution >= 0.6 is 31.9 Å². The van der Waals surface area contributed by atoms with E-state index in [1.54, 1.807) is 6.07 Å². The summed E-state index contributed by atoms with van der Waals surface area (Å²) >= 11 is 7.17. The Bertz CT molecular complexity index is 775. The third-order valence-corrected chi connectivity index (χ3v) is 9.57. The van der Waals surface area contributed by atoms with E-state index >= 15 is 0 Å². The zero-order valence-electron chi connectivity index (χ0n) is 18.0. The summed E-state index contributed by atoms with van der Waals surface area (Å²) in [6.45, 7) is 15.1. The number of hydrogen-bond acceptors (Lipinski definition) is 4. The Labute approximate surface area is 192 Å². The molecule has 0 fully saturated rings. The number of Topliss-reactive ketones (excluding diaryl/α,β-unsaturated/α-hetero) is 1. The van der Waals surface area contributed by atoms with E-state index in [4.69, 9.17) is 9.47 Å². The van der Waals surface area contributed by atoms with Gasteiger partial charge in [0.05, 0.1) is 11.3 Å². The van der Waals surface area contributed by atoms with Crippen molar-refractivity contribution in [1.82, 2.24) is 0 Å². The average molecular weight is 565 g/mol. The summed E-state index contributed by atoms with van der Waals surface area (Å²) in [7, 11) is -2.42. The van der Waals surface area contributed by atoms with Gasteiger partial charge in [-0.3, -0.25) is 9.59 Å². The molecular weight excluding hydrogens is 534 g/mol. The van der Waals surface area contributed by atoms with Crippen LogP contribution in [0.5, 0.6) is 0 Å². The van der Waals surface area contributed by atoms with E-state index in [-0.39, 0.29) is 5.01 Å². The molecule has 1 amide bonds. The van der Waals surface area contributed by atoms with Gasteiger partial charge in [0.1, 0.15) is 10.0 Å². The molecule has 1 aromatic rings. The number of amides is 1. The minimum absolute atomic E-state index is 0.322. The lowest BCUT2D eigenvalue weighted by Crippen LogP contribution is -2.22. The topological polar surface area (TPSA) is 64.6 Å². The Morgan fingerprint density at radius 1 is 0.897 bits per heavy atom. The van der Waals surface area contributed by atoms with Gasteiger partial charge in [-0.1, -0.05) is 71.1 Å². The van der Waals surface area contributed by atoms with Crippen LogP contribution in [0.15, 0.2) is 12.1 Å². The van der Waals surface area contributed by atoms with Crippen molar-refractivity contribution in [3.8, 4) is 0 Å². The molecule has 2 unspecified atom stereocenters. The molecule has 0 saturated heterocycles. The van der Waals surface area contributed by atoms with Gasteiger partial charge in [0.2, 0.25) is 0 Å². The first-order valence-corrected chi connectivity index (χ1v) is 19.1. The van der Waals surface area contributed by atoms with Crippen LogP contribution in [0.1, 0.15) is 31.5 Å². The first-order chi connectivity index (χ1) is 13.3. The van der Waals surface area contributed by atoms with Crippen molar-refractivity contribution in [3.63, 3.8) is 0 Å². The van der Waals surface area contributed by atoms with Crippen molar-refractivity contribution in [1.29, 1.82) is 0 Å². The number of carbonyl (C=O) groups is 2. The molecule has 1 aliphatic heterocycles. The van der Waals surface area contributed by atoms with Gasteiger partial charge in [-0.25, -0.2) is 0 Å². The Balaban J connectivity index is 2.23. The Morgan fingerprint density at radius 2 is 1.41 bits per heavy atom. The molecular formula is C20H31Br2NO4Si2. The van der Waals surface area contributed by atoms with Crippen molar-refractivity contribution in [2.24, 2.45) is 0 Å². The molecule has 0 saturated carbocycles. The summed E-state index contributed by atoms with van der Waals surface area (Å²) in [6, 6.07) is 5.77. The van der Waals surface area contributed by atoms with Crippen molar-refractivity contribution in [3.05, 3.63) is 28.8 Å². The number of rotatable bonds is 10. The van der Waals surface area contributed by atoms with E-state index in [0.717, 1.165) is 17.7 Å². The van der Waals surface area contributed by atoms with Gasteiger partial charge < -0.3 is 14.8 Å². The Hall–Kier alpha value is -0.326. The number of ether oxygens (including phenoxy) is 2. The summed E-state index contributed by atoms with van der Waals surface area (Å²) in [5, 5.41) is 1.88. The molecule has 0 radical (unpaired) electrons. The maximum atomic E-state index is 12.4. The average Bonchev–Trinajstić information content (AvgIpc) is 2.86. The number of halogens is 2. The molecule has 1 aliphatic rings. The number of alkyl halides is 2. The second kappa shape index (κ2) is 9.87. The minimum atomic E-state index is -1.23. The number of benzene rings is 1. The van der Waals surface area contributed by atoms with Gasteiger partial charge >= 0.3 is 0 Å². The second-order valence-corrected chi connectivity index (χ2v) is 22.7. The van der Waals surface area contributed by atoms with Gasteiger partial charge in [0.25, 0.3) is 11.7 Å². The maximum Gasteiger partial charge on any atom is 0.296 e. The largest absolute Gasteiger partial charge is 0.362 e. The fourth-order valence-electron chi connectivity index (χ4n) is 2.77. The highest BCUT2D eigenvalue weighted by atomic mass is 79.9. The summed E-state index contributed by atoms with van der Waals surface area (Å²) < 4.78 is 12.0. The first-order valence-electron chi connectivity index (χ1n) is 9.83. The fraction of sp³-hybridized carbons (Fsp3) is 0.600. The molecule has 0 aromatic heterocycles. The van der Waals surface area contributed by atoms with Crippen LogP contribution in [-0.2, 0) is 14.3 Å². The normalized spacial score (nSPS) is 16.6. The van der Waals surface area contributed by atoms with E-state index in [1.807, 2.05) is 6.07 Å². The van der Waals surface area contributed by atoms with Crippen molar-refractivity contribution in [2.45, 2.75) is 61.4 Å². The number of ketones is 1. The van der Waals surface area contributed by atoms with Crippen LogP contribution in [0.2, 0.25) is 51.4 Å². The van der Waals surface area contributed by atoms with Gasteiger partial charge in [0, 0.05) is 34.9 Å². The molecule has 162 valence electrons. The maximum absolute atomic E-state index is 12.4. The highest BCUT2D eigenvalue weighted by Crippen LogP contribution is 2.39. The number of hydrogen-bond donors (Lipinski definition) is 1. The number of nitrogens with one attached hydrogen (secondary N) is 1. The molecule has 0 bridgehead atoms. The van der Waals surface area contributed by atoms with E-state index < -0.39 is 32.9 Å². The third kappa shape index (κ3) is 7.39. The standard InChI is InChI=1S/C20H31Br2NO4Si2/c1-28(2,3)9-7-26-18(21)13-11-14(19(22)27-8-10-29(4,5)6)16-15(12-13)23-20(25)17(16)24/h11-12,18-19H,7-10H2,1-6H3,(H,23,24,25). The number of anilines is 1. The van der Waals surface area contributed by atoms with E-state index in [9.17, 15) is 9.59 Å². The van der Waals surface area contributed by atoms with Crippen LogP contribution in [0.4, 0.5) is 5.69 Å². The highest BCUT2D eigenvalue weighted by Gasteiger charge is 2.34. The second-order valence-electron chi connectivity index (χ2n) is 9.81. The Morgan fingerprint density at radius 3 is 1.93 bits per heavy atom. The lowest BCUT2D eigenvalue weighted by Gasteiger charge is -2.21. The Kier molecular flexibility index (Phi) is 8.48. The predicted molar refractivity (Wildman–Crippen MR) is 131 cm³/mol. The SMILES string of the molecule is C[Si](C)(C)CCOC(Br)c1cc2c(c(C(Br)OCC[Si](C)(C)C)c1)C(=O)C(=O)N2. The zero-order valence-corrected chi connectivity index (χ0v) is 23.2. The van der Waals surface area contributed by atoms with Crippen molar-refractivity contribution in [2.75, 3.05) is 18.5 Å². The molecule has 5 nitrogen and oxygen atoms in total. The molecule has 9 heteroatoms. The summed E-state index contributed by atoms with van der Waals surface area (Å²) in [5.74, 6) is -1.13. The van der Waals surface area contributed by atoms with Crippen molar-refractivity contribution < 1.29 is 19.1 Å². The summed E-state index contributed by atoms with van der Waals surface area (Å²) in [5.41, 5.74) is 2.41. The molecule has 1 N–H and O–H groups in total. The molecule has 2 atom stereocenters. The first kappa shape index (κ1) is 24.9. The molecule has 1 aromatic carbocycles. The zero-order chi connectivity index (χ0) is 22.0. The van der Waals surface area contributed by atoms with Crippen LogP contribution in [0, 0.1) is 0 Å². The summed E-state index contributed by atoms with van der Waals surface area (Å²) in [4.78, 5) is 24.4. The summed E-state index contributed by atoms with van der Waals surface area (Å²) in [6.07, 6.45) is 0. The van der Waals surface area contributed by atoms with Crippen LogP contribution in [0.25, 0.3) is 0 Å². The van der Waals surface area contributed by atoms with Gasteiger partial charge in [-0.15, -0.1) is 0 Å². The van der Waals surface area contributed by atoms with E-state index in [2.05, 4.69) is 76.5 Å². The monoisotopic (exact) mass is 563 g/mol. The van der Waals surface area contributed by atoms with Gasteiger partial charge in [0.15, 0.2) is 0 Å². The van der Waals surface area contributed by atoms with E-state index in [0.29, 0.717) is 30.0 Å². The number of fused-ring (bicyclic) bond motifs is 1. The molecule has 0 aliphatic carbocycles.